The van der Waals surface area contributed by atoms with Crippen molar-refractivity contribution >= 4 is 37.2 Å². The van der Waals surface area contributed by atoms with Crippen molar-refractivity contribution < 1.29 is 18.0 Å². The summed E-state index contributed by atoms with van der Waals surface area (Å²) in [4.78, 5) is 25.5. The van der Waals surface area contributed by atoms with Gasteiger partial charge in [-0.15, -0.1) is 0 Å². The summed E-state index contributed by atoms with van der Waals surface area (Å²) in [5.74, 6) is -0.978. The molecule has 5 nitrogen and oxygen atoms in total. The van der Waals surface area contributed by atoms with Gasteiger partial charge in [0, 0.05) is 29.1 Å². The fourth-order valence-electron chi connectivity index (χ4n) is 2.51. The Bertz CT molecular complexity index is 879. The first kappa shape index (κ1) is 19.1. The molecule has 0 unspecified atom stereocenters. The summed E-state index contributed by atoms with van der Waals surface area (Å²) in [6.07, 6.45) is 0.104. The van der Waals surface area contributed by atoms with Gasteiger partial charge in [0.2, 0.25) is 11.8 Å². The number of halogens is 1. The molecule has 0 fully saturated rings. The Labute approximate surface area is 151 Å². The van der Waals surface area contributed by atoms with Crippen LogP contribution in [0, 0.1) is 0 Å². The van der Waals surface area contributed by atoms with E-state index in [1.165, 1.54) is 12.1 Å². The molecule has 0 aliphatic rings. The van der Waals surface area contributed by atoms with E-state index in [1.54, 1.807) is 44.2 Å². The first-order chi connectivity index (χ1) is 11.8. The highest BCUT2D eigenvalue weighted by atomic mass is 35.7. The van der Waals surface area contributed by atoms with E-state index in [1.807, 2.05) is 6.07 Å². The minimum atomic E-state index is -4.17. The van der Waals surface area contributed by atoms with Crippen LogP contribution >= 0.6 is 10.7 Å². The SMILES string of the molecule is CCC(=O)N(C(=O)CC)c1c(-c2ccccc2)cccc1S(=O)(=O)Cl. The molecular weight excluding hydrogens is 362 g/mol. The third kappa shape index (κ3) is 4.08. The molecule has 7 heteroatoms. The number of hydrogen-bond acceptors (Lipinski definition) is 4. The van der Waals surface area contributed by atoms with E-state index in [-0.39, 0.29) is 23.4 Å². The normalized spacial score (nSPS) is 11.2. The molecule has 132 valence electrons. The van der Waals surface area contributed by atoms with Crippen LogP contribution in [-0.4, -0.2) is 20.2 Å². The smallest absolute Gasteiger partial charge is 0.263 e. The molecule has 0 bridgehead atoms. The van der Waals surface area contributed by atoms with E-state index < -0.39 is 20.9 Å². The lowest BCUT2D eigenvalue weighted by atomic mass is 10.0. The maximum absolute atomic E-state index is 12.4. The molecule has 0 saturated carbocycles. The molecule has 0 saturated heterocycles. The van der Waals surface area contributed by atoms with Crippen molar-refractivity contribution in [2.45, 2.75) is 31.6 Å². The summed E-state index contributed by atoms with van der Waals surface area (Å²) >= 11 is 0. The molecule has 25 heavy (non-hydrogen) atoms. The van der Waals surface area contributed by atoms with Crippen LogP contribution in [0.2, 0.25) is 0 Å². The second kappa shape index (κ2) is 7.80. The fraction of sp³-hybridized carbons (Fsp3) is 0.222. The molecule has 0 N–H and O–H groups in total. The summed E-state index contributed by atoms with van der Waals surface area (Å²) in [5, 5.41) is 0. The fourth-order valence-corrected chi connectivity index (χ4v) is 3.55. The van der Waals surface area contributed by atoms with Crippen LogP contribution in [0.5, 0.6) is 0 Å². The monoisotopic (exact) mass is 379 g/mol. The van der Waals surface area contributed by atoms with E-state index in [0.717, 1.165) is 4.90 Å². The van der Waals surface area contributed by atoms with Crippen LogP contribution in [0.4, 0.5) is 5.69 Å². The lowest BCUT2D eigenvalue weighted by Crippen LogP contribution is -2.37. The van der Waals surface area contributed by atoms with Crippen molar-refractivity contribution in [3.8, 4) is 11.1 Å². The molecule has 0 aliphatic heterocycles. The molecule has 2 aromatic rings. The third-order valence-electron chi connectivity index (χ3n) is 3.67. The molecule has 0 aromatic heterocycles. The Morgan fingerprint density at radius 3 is 1.96 bits per heavy atom. The van der Waals surface area contributed by atoms with Crippen molar-refractivity contribution in [2.24, 2.45) is 0 Å². The van der Waals surface area contributed by atoms with Gasteiger partial charge in [0.05, 0.1) is 5.69 Å². The van der Waals surface area contributed by atoms with Crippen molar-refractivity contribution in [1.29, 1.82) is 0 Å². The van der Waals surface area contributed by atoms with Crippen molar-refractivity contribution in [2.75, 3.05) is 4.90 Å². The Kier molecular flexibility index (Phi) is 5.98. The summed E-state index contributed by atoms with van der Waals surface area (Å²) in [6, 6.07) is 13.4. The van der Waals surface area contributed by atoms with Gasteiger partial charge in [-0.2, -0.15) is 0 Å². The largest absolute Gasteiger partial charge is 0.274 e. The Morgan fingerprint density at radius 1 is 0.920 bits per heavy atom. The van der Waals surface area contributed by atoms with Gasteiger partial charge in [-0.05, 0) is 11.6 Å². The topological polar surface area (TPSA) is 71.5 Å². The average molecular weight is 380 g/mol. The third-order valence-corrected chi connectivity index (χ3v) is 5.03. The number of carbonyl (C=O) groups excluding carboxylic acids is 2. The van der Waals surface area contributed by atoms with Crippen molar-refractivity contribution in [3.63, 3.8) is 0 Å². The molecule has 0 spiro atoms. The standard InChI is InChI=1S/C18H18ClNO4S/c1-3-16(21)20(17(22)4-2)18-14(13-9-6-5-7-10-13)11-8-12-15(18)25(19,23)24/h5-12H,3-4H2,1-2H3. The number of benzene rings is 2. The Balaban J connectivity index is 2.88. The minimum Gasteiger partial charge on any atom is -0.274 e. The highest BCUT2D eigenvalue weighted by Crippen LogP contribution is 2.38. The summed E-state index contributed by atoms with van der Waals surface area (Å²) in [5.41, 5.74) is 1.13. The van der Waals surface area contributed by atoms with Crippen LogP contribution < -0.4 is 4.90 Å². The van der Waals surface area contributed by atoms with Gasteiger partial charge in [-0.25, -0.2) is 13.3 Å². The molecule has 2 amide bonds. The average Bonchev–Trinajstić information content (AvgIpc) is 2.61. The molecule has 2 aromatic carbocycles. The highest BCUT2D eigenvalue weighted by Gasteiger charge is 2.30. The molecule has 0 radical (unpaired) electrons. The number of carbonyl (C=O) groups is 2. The number of rotatable bonds is 5. The van der Waals surface area contributed by atoms with Crippen LogP contribution in [-0.2, 0) is 18.6 Å². The maximum atomic E-state index is 12.4. The van der Waals surface area contributed by atoms with Gasteiger partial charge in [0.15, 0.2) is 0 Å². The molecule has 0 atom stereocenters. The van der Waals surface area contributed by atoms with E-state index in [4.69, 9.17) is 10.7 Å². The zero-order chi connectivity index (χ0) is 18.6. The first-order valence-corrected chi connectivity index (χ1v) is 10.1. The number of nitrogens with zero attached hydrogens (tertiary/aromatic N) is 1. The van der Waals surface area contributed by atoms with Crippen LogP contribution in [0.25, 0.3) is 11.1 Å². The lowest BCUT2D eigenvalue weighted by molar-refractivity contribution is -0.126. The maximum Gasteiger partial charge on any atom is 0.263 e. The van der Waals surface area contributed by atoms with Crippen molar-refractivity contribution in [1.82, 2.24) is 0 Å². The lowest BCUT2D eigenvalue weighted by Gasteiger charge is -2.25. The number of anilines is 1. The number of hydrogen-bond donors (Lipinski definition) is 0. The predicted octanol–water partition coefficient (Wildman–Crippen LogP) is 3.96. The van der Waals surface area contributed by atoms with Gasteiger partial charge < -0.3 is 0 Å². The van der Waals surface area contributed by atoms with E-state index in [9.17, 15) is 18.0 Å². The predicted molar refractivity (Wildman–Crippen MR) is 98.0 cm³/mol. The zero-order valence-corrected chi connectivity index (χ0v) is 15.5. The zero-order valence-electron chi connectivity index (χ0n) is 13.9. The summed E-state index contributed by atoms with van der Waals surface area (Å²) in [7, 11) is 1.42. The molecular formula is C18H18ClNO4S. The van der Waals surface area contributed by atoms with Gasteiger partial charge >= 0.3 is 0 Å². The van der Waals surface area contributed by atoms with Crippen LogP contribution in [0.3, 0.4) is 0 Å². The molecule has 0 heterocycles. The first-order valence-electron chi connectivity index (χ1n) is 7.80. The summed E-state index contributed by atoms with van der Waals surface area (Å²) < 4.78 is 24.2. The number of amides is 2. The Morgan fingerprint density at radius 2 is 1.48 bits per heavy atom. The van der Waals surface area contributed by atoms with Crippen molar-refractivity contribution in [3.05, 3.63) is 48.5 Å². The van der Waals surface area contributed by atoms with E-state index in [0.29, 0.717) is 11.1 Å². The molecule has 2 rings (SSSR count). The molecule has 0 aliphatic carbocycles. The second-order valence-corrected chi connectivity index (χ2v) is 7.82. The van der Waals surface area contributed by atoms with Gasteiger partial charge in [-0.3, -0.25) is 9.59 Å². The van der Waals surface area contributed by atoms with Gasteiger partial charge in [0.25, 0.3) is 9.05 Å². The quantitative estimate of drug-likeness (QED) is 0.737. The number of imide groups is 1. The van der Waals surface area contributed by atoms with Crippen LogP contribution in [0.15, 0.2) is 53.4 Å². The summed E-state index contributed by atoms with van der Waals surface area (Å²) in [6.45, 7) is 3.22. The minimum absolute atomic E-state index is 0.00222. The van der Waals surface area contributed by atoms with E-state index >= 15 is 0 Å². The highest BCUT2D eigenvalue weighted by molar-refractivity contribution is 8.13. The van der Waals surface area contributed by atoms with Crippen LogP contribution in [0.1, 0.15) is 26.7 Å². The van der Waals surface area contributed by atoms with Gasteiger partial charge in [0.1, 0.15) is 4.90 Å². The second-order valence-electron chi connectivity index (χ2n) is 5.29. The number of para-hydroxylation sites is 1. The van der Waals surface area contributed by atoms with E-state index in [2.05, 4.69) is 0 Å². The Hall–Kier alpha value is -2.18. The van der Waals surface area contributed by atoms with Gasteiger partial charge in [-0.1, -0.05) is 56.3 Å².